The fourth-order valence-corrected chi connectivity index (χ4v) is 3.90. The Hall–Kier alpha value is -1.93. The largest absolute Gasteiger partial charge is 0.383 e. The summed E-state index contributed by atoms with van der Waals surface area (Å²) in [5.41, 5.74) is 9.19. The molecular formula is C19H26N4O2S. The second kappa shape index (κ2) is 9.14. The van der Waals surface area contributed by atoms with Crippen molar-refractivity contribution in [2.45, 2.75) is 32.0 Å². The van der Waals surface area contributed by atoms with Gasteiger partial charge in [0.05, 0.1) is 12.2 Å². The topological polar surface area (TPSA) is 74.4 Å². The molecule has 1 fully saturated rings. The van der Waals surface area contributed by atoms with Crippen LogP contribution in [0.3, 0.4) is 0 Å². The monoisotopic (exact) mass is 374 g/mol. The number of hydrogen-bond acceptors (Lipinski definition) is 6. The van der Waals surface area contributed by atoms with Crippen LogP contribution in [0.2, 0.25) is 0 Å². The van der Waals surface area contributed by atoms with Crippen molar-refractivity contribution in [3.8, 4) is 0 Å². The first-order valence-electron chi connectivity index (χ1n) is 8.81. The number of carbonyl (C=O) groups is 1. The second-order valence-corrected chi connectivity index (χ2v) is 7.51. The molecule has 4 N–H and O–H groups in total. The Morgan fingerprint density at radius 3 is 2.85 bits per heavy atom. The third-order valence-corrected chi connectivity index (χ3v) is 5.54. The third-order valence-electron chi connectivity index (χ3n) is 4.52. The lowest BCUT2D eigenvalue weighted by atomic mass is 10.1. The summed E-state index contributed by atoms with van der Waals surface area (Å²) in [4.78, 5) is 13.9. The van der Waals surface area contributed by atoms with E-state index in [2.05, 4.69) is 39.9 Å². The molecular weight excluding hydrogens is 348 g/mol. The Bertz CT molecular complexity index is 734. The van der Waals surface area contributed by atoms with Gasteiger partial charge >= 0.3 is 0 Å². The van der Waals surface area contributed by atoms with Crippen LogP contribution >= 0.6 is 11.3 Å². The zero-order valence-electron chi connectivity index (χ0n) is 15.2. The van der Waals surface area contributed by atoms with E-state index in [-0.39, 0.29) is 18.0 Å². The summed E-state index contributed by atoms with van der Waals surface area (Å²) in [6.07, 6.45) is 0.922. The van der Waals surface area contributed by atoms with Gasteiger partial charge in [0.15, 0.2) is 0 Å². The van der Waals surface area contributed by atoms with Gasteiger partial charge in [0.25, 0.3) is 5.91 Å². The zero-order valence-corrected chi connectivity index (χ0v) is 16.0. The van der Waals surface area contributed by atoms with Crippen LogP contribution in [-0.4, -0.2) is 38.3 Å². The molecule has 1 aliphatic heterocycles. The number of rotatable bonds is 8. The number of para-hydroxylation sites is 1. The fourth-order valence-electron chi connectivity index (χ4n) is 3.05. The van der Waals surface area contributed by atoms with Crippen molar-refractivity contribution in [3.63, 3.8) is 0 Å². The molecule has 1 aliphatic rings. The van der Waals surface area contributed by atoms with Crippen LogP contribution in [0.5, 0.6) is 0 Å². The summed E-state index contributed by atoms with van der Waals surface area (Å²) in [7, 11) is 1.69. The van der Waals surface area contributed by atoms with E-state index < -0.39 is 0 Å². The van der Waals surface area contributed by atoms with Crippen LogP contribution in [0.4, 0.5) is 5.69 Å². The average molecular weight is 375 g/mol. The highest BCUT2D eigenvalue weighted by molar-refractivity contribution is 7.10. The van der Waals surface area contributed by atoms with Gasteiger partial charge in [0.2, 0.25) is 0 Å². The maximum Gasteiger partial charge on any atom is 0.253 e. The highest BCUT2D eigenvalue weighted by atomic mass is 32.1. The molecule has 6 nitrogen and oxygen atoms in total. The lowest BCUT2D eigenvalue weighted by Gasteiger charge is -2.14. The van der Waals surface area contributed by atoms with E-state index in [1.807, 2.05) is 24.3 Å². The zero-order chi connectivity index (χ0) is 18.4. The molecule has 0 saturated carbocycles. The first-order chi connectivity index (χ1) is 12.7. The van der Waals surface area contributed by atoms with Crippen molar-refractivity contribution in [2.24, 2.45) is 0 Å². The normalized spacial score (nSPS) is 19.5. The van der Waals surface area contributed by atoms with Gasteiger partial charge in [-0.3, -0.25) is 15.6 Å². The Morgan fingerprint density at radius 2 is 2.08 bits per heavy atom. The minimum Gasteiger partial charge on any atom is -0.383 e. The van der Waals surface area contributed by atoms with Crippen molar-refractivity contribution >= 4 is 22.9 Å². The third kappa shape index (κ3) is 4.82. The van der Waals surface area contributed by atoms with E-state index in [0.717, 1.165) is 18.7 Å². The highest BCUT2D eigenvalue weighted by Crippen LogP contribution is 2.20. The maximum atomic E-state index is 12.6. The number of anilines is 1. The lowest BCUT2D eigenvalue weighted by Crippen LogP contribution is -2.41. The first-order valence-corrected chi connectivity index (χ1v) is 9.69. The number of hydrogen-bond donors (Lipinski definition) is 4. The smallest absolute Gasteiger partial charge is 0.253 e. The molecule has 2 aromatic rings. The fraction of sp³-hybridized carbons (Fsp3) is 0.421. The SMILES string of the molecule is COCC1CC(CNC(=O)c2ccccc2NCc2sccc2C)NN1. The van der Waals surface area contributed by atoms with Crippen molar-refractivity contribution < 1.29 is 9.53 Å². The molecule has 140 valence electrons. The standard InChI is InChI=1S/C19H26N4O2S/c1-13-7-8-26-18(13)11-20-17-6-4-3-5-16(17)19(24)21-10-14-9-15(12-25-2)23-22-14/h3-8,14-15,20,22-23H,9-12H2,1-2H3,(H,21,24). The number of aryl methyl sites for hydroxylation is 1. The molecule has 26 heavy (non-hydrogen) atoms. The van der Waals surface area contributed by atoms with Gasteiger partial charge in [-0.25, -0.2) is 0 Å². The number of hydrazine groups is 1. The van der Waals surface area contributed by atoms with E-state index in [1.54, 1.807) is 18.4 Å². The number of carbonyl (C=O) groups excluding carboxylic acids is 1. The van der Waals surface area contributed by atoms with Crippen molar-refractivity contribution in [1.82, 2.24) is 16.2 Å². The summed E-state index contributed by atoms with van der Waals surface area (Å²) < 4.78 is 5.15. The average Bonchev–Trinajstić information content (AvgIpc) is 3.27. The van der Waals surface area contributed by atoms with Crippen molar-refractivity contribution in [3.05, 3.63) is 51.7 Å². The molecule has 7 heteroatoms. The number of benzene rings is 1. The summed E-state index contributed by atoms with van der Waals surface area (Å²) in [6.45, 7) is 4.06. The van der Waals surface area contributed by atoms with Crippen LogP contribution in [0.1, 0.15) is 27.2 Å². The van der Waals surface area contributed by atoms with Gasteiger partial charge in [-0.2, -0.15) is 0 Å². The van der Waals surface area contributed by atoms with Crippen LogP contribution < -0.4 is 21.5 Å². The predicted molar refractivity (Wildman–Crippen MR) is 105 cm³/mol. The maximum absolute atomic E-state index is 12.6. The van der Waals surface area contributed by atoms with Gasteiger partial charge in [-0.15, -0.1) is 11.3 Å². The Balaban J connectivity index is 1.55. The molecule has 0 bridgehead atoms. The van der Waals surface area contributed by atoms with Gasteiger partial charge in [-0.1, -0.05) is 12.1 Å². The van der Waals surface area contributed by atoms with Crippen LogP contribution in [0.25, 0.3) is 0 Å². The second-order valence-electron chi connectivity index (χ2n) is 6.51. The Morgan fingerprint density at radius 1 is 1.27 bits per heavy atom. The van der Waals surface area contributed by atoms with Crippen molar-refractivity contribution in [1.29, 1.82) is 0 Å². The molecule has 1 amide bonds. The molecule has 2 heterocycles. The Kier molecular flexibility index (Phi) is 6.62. The lowest BCUT2D eigenvalue weighted by molar-refractivity contribution is 0.0950. The molecule has 0 spiro atoms. The predicted octanol–water partition coefficient (Wildman–Crippen LogP) is 2.28. The van der Waals surface area contributed by atoms with Crippen molar-refractivity contribution in [2.75, 3.05) is 25.6 Å². The summed E-state index contributed by atoms with van der Waals surface area (Å²) >= 11 is 1.73. The molecule has 1 aromatic heterocycles. The highest BCUT2D eigenvalue weighted by Gasteiger charge is 2.24. The van der Waals surface area contributed by atoms with Crippen LogP contribution in [0.15, 0.2) is 35.7 Å². The number of ether oxygens (including phenoxy) is 1. The van der Waals surface area contributed by atoms with Gasteiger partial charge in [-0.05, 0) is 42.5 Å². The van der Waals surface area contributed by atoms with E-state index in [9.17, 15) is 4.79 Å². The molecule has 0 aliphatic carbocycles. The van der Waals surface area contributed by atoms with E-state index in [0.29, 0.717) is 18.7 Å². The minimum absolute atomic E-state index is 0.0620. The number of amides is 1. The first kappa shape index (κ1) is 18.8. The van der Waals surface area contributed by atoms with Crippen LogP contribution in [0, 0.1) is 6.92 Å². The van der Waals surface area contributed by atoms with E-state index in [1.165, 1.54) is 10.4 Å². The van der Waals surface area contributed by atoms with Gasteiger partial charge in [0.1, 0.15) is 0 Å². The Labute approximate surface area is 158 Å². The molecule has 2 unspecified atom stereocenters. The summed E-state index contributed by atoms with van der Waals surface area (Å²) in [6, 6.07) is 10.2. The molecule has 0 radical (unpaired) electrons. The number of methoxy groups -OCH3 is 1. The quantitative estimate of drug-likeness (QED) is 0.570. The number of nitrogens with one attached hydrogen (secondary N) is 4. The molecule has 1 saturated heterocycles. The van der Waals surface area contributed by atoms with Gasteiger partial charge < -0.3 is 15.4 Å². The van der Waals surface area contributed by atoms with E-state index >= 15 is 0 Å². The van der Waals surface area contributed by atoms with Crippen LogP contribution in [-0.2, 0) is 11.3 Å². The molecule has 3 rings (SSSR count). The summed E-state index contributed by atoms with van der Waals surface area (Å²) in [5, 5.41) is 8.51. The van der Waals surface area contributed by atoms with Gasteiger partial charge in [0, 0.05) is 42.8 Å². The molecule has 2 atom stereocenters. The van der Waals surface area contributed by atoms with E-state index in [4.69, 9.17) is 4.74 Å². The minimum atomic E-state index is -0.0620. The molecule has 1 aromatic carbocycles. The number of thiophene rings is 1. The summed E-state index contributed by atoms with van der Waals surface area (Å²) in [5.74, 6) is -0.0620.